The molecule has 1 aromatic carbocycles. The molecule has 0 radical (unpaired) electrons. The minimum absolute atomic E-state index is 0.275. The van der Waals surface area contributed by atoms with E-state index < -0.39 is 5.82 Å². The fourth-order valence-electron chi connectivity index (χ4n) is 1.33. The van der Waals surface area contributed by atoms with E-state index in [2.05, 4.69) is 17.5 Å². The van der Waals surface area contributed by atoms with Gasteiger partial charge in [-0.15, -0.1) is 0 Å². The fourth-order valence-corrected chi connectivity index (χ4v) is 1.33. The number of hydrogen-bond acceptors (Lipinski definition) is 2. The van der Waals surface area contributed by atoms with Crippen LogP contribution in [0.2, 0.25) is 0 Å². The van der Waals surface area contributed by atoms with Crippen molar-refractivity contribution in [3.63, 3.8) is 0 Å². The number of carbonyl (C=O) groups is 1. The number of nitrogens with one attached hydrogen (secondary N) is 1. The van der Waals surface area contributed by atoms with Gasteiger partial charge in [0, 0.05) is 11.3 Å². The predicted octanol–water partition coefficient (Wildman–Crippen LogP) is 3.12. The second-order valence-electron chi connectivity index (χ2n) is 3.90. The Labute approximate surface area is 101 Å². The Morgan fingerprint density at radius 1 is 1.47 bits per heavy atom. The van der Waals surface area contributed by atoms with E-state index in [1.54, 1.807) is 6.07 Å². The zero-order valence-corrected chi connectivity index (χ0v) is 10.2. The van der Waals surface area contributed by atoms with Crippen LogP contribution in [0.1, 0.15) is 43.5 Å². The maximum absolute atomic E-state index is 12.9. The number of rotatable bonds is 5. The second kappa shape index (κ2) is 6.78. The Morgan fingerprint density at radius 3 is 2.88 bits per heavy atom. The summed E-state index contributed by atoms with van der Waals surface area (Å²) in [6.07, 6.45) is 3.00. The van der Waals surface area contributed by atoms with Gasteiger partial charge in [-0.05, 0) is 38.0 Å². The average molecular weight is 236 g/mol. The van der Waals surface area contributed by atoms with Gasteiger partial charge in [0.05, 0.1) is 0 Å². The Bertz CT molecular complexity index is 416. The third kappa shape index (κ3) is 4.76. The zero-order valence-electron chi connectivity index (χ0n) is 10.2. The quantitative estimate of drug-likeness (QED) is 0.619. The van der Waals surface area contributed by atoms with Gasteiger partial charge in [0.25, 0.3) is 5.91 Å². The predicted molar refractivity (Wildman–Crippen MR) is 66.5 cm³/mol. The molecule has 0 saturated carbocycles. The lowest BCUT2D eigenvalue weighted by molar-refractivity contribution is 0.0954. The highest BCUT2D eigenvalue weighted by Crippen LogP contribution is 2.03. The first-order chi connectivity index (χ1) is 8.13. The van der Waals surface area contributed by atoms with Gasteiger partial charge < -0.3 is 0 Å². The van der Waals surface area contributed by atoms with Crippen LogP contribution in [0.15, 0.2) is 29.4 Å². The number of hydrazone groups is 1. The highest BCUT2D eigenvalue weighted by atomic mass is 19.1. The molecule has 17 heavy (non-hydrogen) atoms. The number of nitrogens with zero attached hydrogens (tertiary/aromatic N) is 1. The van der Waals surface area contributed by atoms with E-state index in [1.807, 2.05) is 6.92 Å². The number of amides is 1. The van der Waals surface area contributed by atoms with Crippen molar-refractivity contribution in [2.24, 2.45) is 5.10 Å². The van der Waals surface area contributed by atoms with Gasteiger partial charge in [-0.2, -0.15) is 5.10 Å². The van der Waals surface area contributed by atoms with Crippen molar-refractivity contribution in [1.29, 1.82) is 0 Å². The summed E-state index contributed by atoms with van der Waals surface area (Å²) in [6, 6.07) is 5.53. The number of halogens is 1. The first-order valence-electron chi connectivity index (χ1n) is 5.72. The molecule has 4 heteroatoms. The van der Waals surface area contributed by atoms with Crippen LogP contribution in [0.25, 0.3) is 0 Å². The minimum atomic E-state index is -0.427. The average Bonchev–Trinajstić information content (AvgIpc) is 2.33. The molecule has 1 rings (SSSR count). The molecule has 0 heterocycles. The van der Waals surface area contributed by atoms with Crippen molar-refractivity contribution >= 4 is 11.6 Å². The molecule has 0 aliphatic rings. The SMILES string of the molecule is CCCC/C(C)=N/NC(=O)c1cccc(F)c1. The highest BCUT2D eigenvalue weighted by Gasteiger charge is 2.04. The van der Waals surface area contributed by atoms with E-state index in [0.29, 0.717) is 0 Å². The Morgan fingerprint density at radius 2 is 2.24 bits per heavy atom. The minimum Gasteiger partial charge on any atom is -0.267 e. The van der Waals surface area contributed by atoms with Crippen LogP contribution in [0, 0.1) is 5.82 Å². The molecule has 0 aliphatic heterocycles. The van der Waals surface area contributed by atoms with Crippen molar-refractivity contribution in [3.8, 4) is 0 Å². The monoisotopic (exact) mass is 236 g/mol. The molecule has 0 atom stereocenters. The van der Waals surface area contributed by atoms with E-state index >= 15 is 0 Å². The molecular weight excluding hydrogens is 219 g/mol. The summed E-state index contributed by atoms with van der Waals surface area (Å²) >= 11 is 0. The van der Waals surface area contributed by atoms with Gasteiger partial charge in [-0.1, -0.05) is 19.4 Å². The topological polar surface area (TPSA) is 41.5 Å². The maximum Gasteiger partial charge on any atom is 0.271 e. The van der Waals surface area contributed by atoms with Gasteiger partial charge in [0.15, 0.2) is 0 Å². The lowest BCUT2D eigenvalue weighted by atomic mass is 10.2. The molecule has 1 aromatic rings. The van der Waals surface area contributed by atoms with Crippen molar-refractivity contribution in [3.05, 3.63) is 35.6 Å². The molecule has 0 unspecified atom stereocenters. The molecule has 0 saturated heterocycles. The summed E-state index contributed by atoms with van der Waals surface area (Å²) < 4.78 is 12.9. The fraction of sp³-hybridized carbons (Fsp3) is 0.385. The van der Waals surface area contributed by atoms with Crippen LogP contribution in [-0.2, 0) is 0 Å². The zero-order chi connectivity index (χ0) is 12.7. The lowest BCUT2D eigenvalue weighted by Crippen LogP contribution is -2.19. The summed E-state index contributed by atoms with van der Waals surface area (Å²) in [7, 11) is 0. The van der Waals surface area contributed by atoms with E-state index in [4.69, 9.17) is 0 Å². The number of unbranched alkanes of at least 4 members (excludes halogenated alkanes) is 1. The van der Waals surface area contributed by atoms with Crippen molar-refractivity contribution in [1.82, 2.24) is 5.43 Å². The standard InChI is InChI=1S/C13H17FN2O/c1-3-4-6-10(2)15-16-13(17)11-7-5-8-12(14)9-11/h5,7-9H,3-4,6H2,1-2H3,(H,16,17)/b15-10+. The Kier molecular flexibility index (Phi) is 5.33. The number of hydrogen-bond donors (Lipinski definition) is 1. The van der Waals surface area contributed by atoms with Crippen molar-refractivity contribution in [2.45, 2.75) is 33.1 Å². The van der Waals surface area contributed by atoms with Crippen LogP contribution in [0.4, 0.5) is 4.39 Å². The van der Waals surface area contributed by atoms with Gasteiger partial charge in [0.1, 0.15) is 5.82 Å². The van der Waals surface area contributed by atoms with Crippen LogP contribution >= 0.6 is 0 Å². The number of carbonyl (C=O) groups excluding carboxylic acids is 1. The van der Waals surface area contributed by atoms with E-state index in [0.717, 1.165) is 25.0 Å². The third-order valence-electron chi connectivity index (χ3n) is 2.33. The van der Waals surface area contributed by atoms with Gasteiger partial charge in [0.2, 0.25) is 0 Å². The molecule has 3 nitrogen and oxygen atoms in total. The smallest absolute Gasteiger partial charge is 0.267 e. The molecule has 0 fully saturated rings. The van der Waals surface area contributed by atoms with E-state index in [1.165, 1.54) is 18.2 Å². The normalized spacial score (nSPS) is 11.4. The first kappa shape index (κ1) is 13.4. The first-order valence-corrected chi connectivity index (χ1v) is 5.72. The van der Waals surface area contributed by atoms with Crippen molar-refractivity contribution in [2.75, 3.05) is 0 Å². The third-order valence-corrected chi connectivity index (χ3v) is 2.33. The molecule has 0 aliphatic carbocycles. The Balaban J connectivity index is 2.55. The number of benzene rings is 1. The summed E-state index contributed by atoms with van der Waals surface area (Å²) in [5.74, 6) is -0.815. The molecule has 92 valence electrons. The molecule has 0 spiro atoms. The highest BCUT2D eigenvalue weighted by molar-refractivity contribution is 5.95. The van der Waals surface area contributed by atoms with Gasteiger partial charge in [-0.3, -0.25) is 4.79 Å². The van der Waals surface area contributed by atoms with Crippen LogP contribution < -0.4 is 5.43 Å². The Hall–Kier alpha value is -1.71. The maximum atomic E-state index is 12.9. The molecule has 0 aromatic heterocycles. The molecule has 1 N–H and O–H groups in total. The molecule has 0 bridgehead atoms. The van der Waals surface area contributed by atoms with Crippen LogP contribution in [-0.4, -0.2) is 11.6 Å². The van der Waals surface area contributed by atoms with Crippen LogP contribution in [0.3, 0.4) is 0 Å². The molecule has 1 amide bonds. The summed E-state index contributed by atoms with van der Waals surface area (Å²) in [4.78, 5) is 11.6. The van der Waals surface area contributed by atoms with Crippen molar-refractivity contribution < 1.29 is 9.18 Å². The lowest BCUT2D eigenvalue weighted by Gasteiger charge is -2.02. The summed E-state index contributed by atoms with van der Waals surface area (Å²) in [5.41, 5.74) is 3.56. The van der Waals surface area contributed by atoms with Crippen LogP contribution in [0.5, 0.6) is 0 Å². The van der Waals surface area contributed by atoms with E-state index in [9.17, 15) is 9.18 Å². The largest absolute Gasteiger partial charge is 0.271 e. The second-order valence-corrected chi connectivity index (χ2v) is 3.90. The van der Waals surface area contributed by atoms with Gasteiger partial charge in [-0.25, -0.2) is 9.82 Å². The summed E-state index contributed by atoms with van der Waals surface area (Å²) in [6.45, 7) is 3.96. The van der Waals surface area contributed by atoms with Gasteiger partial charge >= 0.3 is 0 Å². The van der Waals surface area contributed by atoms with E-state index in [-0.39, 0.29) is 11.5 Å². The summed E-state index contributed by atoms with van der Waals surface area (Å²) in [5, 5.41) is 3.96. The molecular formula is C13H17FN2O.